The standard InChI is InChI=1S/C14H15N3O2/c1-2-12-15-16-13(19-12)8-17-7-6-10-4-3-5-11(9-18)14(10)17/h3-7,18H,2,8-9H2,1H3. The minimum Gasteiger partial charge on any atom is -0.423 e. The van der Waals surface area contributed by atoms with Crippen molar-refractivity contribution in [2.24, 2.45) is 0 Å². The zero-order chi connectivity index (χ0) is 13.2. The maximum atomic E-state index is 9.42. The van der Waals surface area contributed by atoms with E-state index in [2.05, 4.69) is 10.2 Å². The molecule has 2 aromatic heterocycles. The van der Waals surface area contributed by atoms with Crippen LogP contribution in [0, 0.1) is 0 Å². The number of aliphatic hydroxyl groups is 1. The molecule has 0 saturated heterocycles. The first-order valence-electron chi connectivity index (χ1n) is 6.30. The summed E-state index contributed by atoms with van der Waals surface area (Å²) >= 11 is 0. The van der Waals surface area contributed by atoms with Gasteiger partial charge in [-0.3, -0.25) is 0 Å². The monoisotopic (exact) mass is 257 g/mol. The summed E-state index contributed by atoms with van der Waals surface area (Å²) in [6.45, 7) is 2.52. The normalized spacial score (nSPS) is 11.3. The van der Waals surface area contributed by atoms with Crippen LogP contribution in [0.2, 0.25) is 0 Å². The lowest BCUT2D eigenvalue weighted by Crippen LogP contribution is -2.00. The van der Waals surface area contributed by atoms with Crippen molar-refractivity contribution in [2.45, 2.75) is 26.5 Å². The average molecular weight is 257 g/mol. The number of aryl methyl sites for hydroxylation is 1. The smallest absolute Gasteiger partial charge is 0.236 e. The molecule has 0 saturated carbocycles. The number of nitrogens with zero attached hydrogens (tertiary/aromatic N) is 3. The molecule has 19 heavy (non-hydrogen) atoms. The van der Waals surface area contributed by atoms with Crippen LogP contribution in [0.5, 0.6) is 0 Å². The van der Waals surface area contributed by atoms with E-state index in [1.54, 1.807) is 0 Å². The third-order valence-corrected chi connectivity index (χ3v) is 3.16. The topological polar surface area (TPSA) is 64.1 Å². The van der Waals surface area contributed by atoms with Gasteiger partial charge in [-0.25, -0.2) is 0 Å². The number of benzene rings is 1. The van der Waals surface area contributed by atoms with Crippen LogP contribution in [-0.2, 0) is 19.6 Å². The highest BCUT2D eigenvalue weighted by Gasteiger charge is 2.09. The summed E-state index contributed by atoms with van der Waals surface area (Å²) in [5.74, 6) is 1.23. The molecule has 0 aliphatic carbocycles. The van der Waals surface area contributed by atoms with Gasteiger partial charge in [-0.15, -0.1) is 10.2 Å². The molecule has 2 heterocycles. The number of aliphatic hydroxyl groups excluding tert-OH is 1. The molecule has 1 aromatic carbocycles. The summed E-state index contributed by atoms with van der Waals surface area (Å²) in [5.41, 5.74) is 1.92. The minimum atomic E-state index is 0.0192. The third-order valence-electron chi connectivity index (χ3n) is 3.16. The second-order valence-electron chi connectivity index (χ2n) is 4.40. The molecular formula is C14H15N3O2. The van der Waals surface area contributed by atoms with Gasteiger partial charge < -0.3 is 14.1 Å². The van der Waals surface area contributed by atoms with E-state index in [9.17, 15) is 5.11 Å². The van der Waals surface area contributed by atoms with E-state index < -0.39 is 0 Å². The molecule has 0 aliphatic rings. The van der Waals surface area contributed by atoms with Crippen LogP contribution in [0.25, 0.3) is 10.9 Å². The zero-order valence-electron chi connectivity index (χ0n) is 10.7. The highest BCUT2D eigenvalue weighted by Crippen LogP contribution is 2.21. The van der Waals surface area contributed by atoms with Gasteiger partial charge in [0, 0.05) is 18.2 Å². The number of rotatable bonds is 4. The van der Waals surface area contributed by atoms with Gasteiger partial charge in [-0.2, -0.15) is 0 Å². The fourth-order valence-corrected chi connectivity index (χ4v) is 2.24. The summed E-state index contributed by atoms with van der Waals surface area (Å²) in [6, 6.07) is 7.91. The number of para-hydroxylation sites is 1. The Morgan fingerprint density at radius 2 is 2.05 bits per heavy atom. The molecule has 3 aromatic rings. The fourth-order valence-electron chi connectivity index (χ4n) is 2.24. The molecular weight excluding hydrogens is 242 g/mol. The molecule has 1 N–H and O–H groups in total. The van der Waals surface area contributed by atoms with Gasteiger partial charge in [0.25, 0.3) is 0 Å². The summed E-state index contributed by atoms with van der Waals surface area (Å²) < 4.78 is 7.54. The predicted octanol–water partition coefficient (Wildman–Crippen LogP) is 2.13. The van der Waals surface area contributed by atoms with E-state index in [0.29, 0.717) is 18.3 Å². The van der Waals surface area contributed by atoms with E-state index >= 15 is 0 Å². The van der Waals surface area contributed by atoms with Gasteiger partial charge in [-0.1, -0.05) is 25.1 Å². The van der Waals surface area contributed by atoms with Crippen LogP contribution < -0.4 is 0 Å². The molecule has 0 fully saturated rings. The fraction of sp³-hybridized carbons (Fsp3) is 0.286. The molecule has 0 aliphatic heterocycles. The Balaban J connectivity index is 2.00. The van der Waals surface area contributed by atoms with Crippen molar-refractivity contribution in [3.05, 3.63) is 47.8 Å². The molecule has 0 amide bonds. The Kier molecular flexibility index (Phi) is 3.05. The molecule has 98 valence electrons. The lowest BCUT2D eigenvalue weighted by atomic mass is 10.1. The highest BCUT2D eigenvalue weighted by atomic mass is 16.4. The Bertz CT molecular complexity index is 700. The Morgan fingerprint density at radius 1 is 1.21 bits per heavy atom. The number of hydrogen-bond acceptors (Lipinski definition) is 4. The first-order chi connectivity index (χ1) is 9.31. The van der Waals surface area contributed by atoms with E-state index in [-0.39, 0.29) is 6.61 Å². The van der Waals surface area contributed by atoms with Gasteiger partial charge in [-0.05, 0) is 11.5 Å². The Hall–Kier alpha value is -2.14. The molecule has 3 rings (SSSR count). The minimum absolute atomic E-state index is 0.0192. The van der Waals surface area contributed by atoms with Crippen molar-refractivity contribution in [3.63, 3.8) is 0 Å². The van der Waals surface area contributed by atoms with Crippen molar-refractivity contribution in [3.8, 4) is 0 Å². The molecule has 0 unspecified atom stereocenters. The first-order valence-corrected chi connectivity index (χ1v) is 6.30. The summed E-state index contributed by atoms with van der Waals surface area (Å²) in [6.07, 6.45) is 2.71. The second-order valence-corrected chi connectivity index (χ2v) is 4.40. The van der Waals surface area contributed by atoms with Crippen LogP contribution in [-0.4, -0.2) is 19.9 Å². The SMILES string of the molecule is CCc1nnc(Cn2ccc3cccc(CO)c32)o1. The quantitative estimate of drug-likeness (QED) is 0.777. The predicted molar refractivity (Wildman–Crippen MR) is 70.6 cm³/mol. The van der Waals surface area contributed by atoms with E-state index in [4.69, 9.17) is 4.42 Å². The van der Waals surface area contributed by atoms with E-state index in [1.165, 1.54) is 0 Å². The summed E-state index contributed by atoms with van der Waals surface area (Å²) in [7, 11) is 0. The maximum Gasteiger partial charge on any atom is 0.236 e. The lowest BCUT2D eigenvalue weighted by molar-refractivity contribution is 0.283. The van der Waals surface area contributed by atoms with Gasteiger partial charge >= 0.3 is 0 Å². The maximum absolute atomic E-state index is 9.42. The largest absolute Gasteiger partial charge is 0.423 e. The molecule has 0 radical (unpaired) electrons. The van der Waals surface area contributed by atoms with Crippen LogP contribution in [0.4, 0.5) is 0 Å². The number of hydrogen-bond donors (Lipinski definition) is 1. The van der Waals surface area contributed by atoms with Gasteiger partial charge in [0.2, 0.25) is 11.8 Å². The lowest BCUT2D eigenvalue weighted by Gasteiger charge is -2.05. The van der Waals surface area contributed by atoms with Crippen LogP contribution in [0.15, 0.2) is 34.9 Å². The molecule has 5 heteroatoms. The molecule has 0 spiro atoms. The first kappa shape index (κ1) is 11.9. The van der Waals surface area contributed by atoms with Crippen molar-refractivity contribution in [2.75, 3.05) is 0 Å². The van der Waals surface area contributed by atoms with E-state index in [0.717, 1.165) is 22.9 Å². The van der Waals surface area contributed by atoms with Crippen LogP contribution >= 0.6 is 0 Å². The number of aromatic nitrogens is 3. The molecule has 0 atom stereocenters. The zero-order valence-corrected chi connectivity index (χ0v) is 10.7. The Labute approximate surface area is 110 Å². The van der Waals surface area contributed by atoms with Crippen molar-refractivity contribution in [1.82, 2.24) is 14.8 Å². The summed E-state index contributed by atoms with van der Waals surface area (Å²) in [4.78, 5) is 0. The summed E-state index contributed by atoms with van der Waals surface area (Å²) in [5, 5.41) is 18.5. The molecule has 0 bridgehead atoms. The van der Waals surface area contributed by atoms with E-state index in [1.807, 2.05) is 42.0 Å². The van der Waals surface area contributed by atoms with Crippen LogP contribution in [0.1, 0.15) is 24.3 Å². The Morgan fingerprint density at radius 3 is 2.79 bits per heavy atom. The average Bonchev–Trinajstić information content (AvgIpc) is 3.06. The third kappa shape index (κ3) is 2.13. The van der Waals surface area contributed by atoms with Crippen molar-refractivity contribution >= 4 is 10.9 Å². The van der Waals surface area contributed by atoms with Gasteiger partial charge in [0.05, 0.1) is 12.1 Å². The van der Waals surface area contributed by atoms with Crippen molar-refractivity contribution in [1.29, 1.82) is 0 Å². The van der Waals surface area contributed by atoms with Crippen LogP contribution in [0.3, 0.4) is 0 Å². The van der Waals surface area contributed by atoms with Gasteiger partial charge in [0.15, 0.2) is 0 Å². The number of fused-ring (bicyclic) bond motifs is 1. The highest BCUT2D eigenvalue weighted by molar-refractivity contribution is 5.83. The van der Waals surface area contributed by atoms with Gasteiger partial charge in [0.1, 0.15) is 6.54 Å². The second kappa shape index (κ2) is 4.85. The van der Waals surface area contributed by atoms with Crippen molar-refractivity contribution < 1.29 is 9.52 Å². The molecule has 5 nitrogen and oxygen atoms in total.